The summed E-state index contributed by atoms with van der Waals surface area (Å²) in [4.78, 5) is 4.24. The molecule has 0 radical (unpaired) electrons. The van der Waals surface area contributed by atoms with Gasteiger partial charge in [-0.3, -0.25) is 4.57 Å². The summed E-state index contributed by atoms with van der Waals surface area (Å²) in [6, 6.07) is 0.521. The molecule has 16 heavy (non-hydrogen) atoms. The average Bonchev–Trinajstić information content (AvgIpc) is 2.85. The van der Waals surface area contributed by atoms with Crippen molar-refractivity contribution in [2.45, 2.75) is 29.8 Å². The molecule has 1 fully saturated rings. The van der Waals surface area contributed by atoms with Crippen LogP contribution >= 0.6 is 23.1 Å². The summed E-state index contributed by atoms with van der Waals surface area (Å²) in [6.45, 7) is 0. The maximum atomic E-state index is 5.79. The highest BCUT2D eigenvalue weighted by molar-refractivity contribution is 7.98. The minimum atomic E-state index is 0.521. The molecule has 0 amide bonds. The molecule has 84 valence electrons. The fourth-order valence-electron chi connectivity index (χ4n) is 1.51. The monoisotopic (exact) mass is 253 g/mol. The molecule has 0 spiro atoms. The van der Waals surface area contributed by atoms with Gasteiger partial charge in [0.2, 0.25) is 5.95 Å². The van der Waals surface area contributed by atoms with Crippen LogP contribution in [0.3, 0.4) is 0 Å². The van der Waals surface area contributed by atoms with E-state index in [0.29, 0.717) is 12.0 Å². The Kier molecular flexibility index (Phi) is 2.56. The first-order valence-corrected chi connectivity index (χ1v) is 6.97. The Bertz CT molecular complexity index is 474. The SMILES string of the molecule is Nc1nnc(SCc2cscn2)n1C1CC1. The van der Waals surface area contributed by atoms with Gasteiger partial charge in [0.1, 0.15) is 0 Å². The van der Waals surface area contributed by atoms with Crippen LogP contribution in [-0.2, 0) is 5.75 Å². The van der Waals surface area contributed by atoms with E-state index in [1.54, 1.807) is 23.1 Å². The summed E-state index contributed by atoms with van der Waals surface area (Å²) in [5, 5.41) is 11.0. The van der Waals surface area contributed by atoms with Crippen molar-refractivity contribution >= 4 is 29.0 Å². The summed E-state index contributed by atoms with van der Waals surface area (Å²) in [5.74, 6) is 1.36. The predicted molar refractivity (Wildman–Crippen MR) is 64.4 cm³/mol. The normalized spacial score (nSPS) is 15.5. The van der Waals surface area contributed by atoms with Crippen LogP contribution < -0.4 is 5.73 Å². The number of rotatable bonds is 4. The molecule has 0 aliphatic heterocycles. The Balaban J connectivity index is 1.74. The van der Waals surface area contributed by atoms with Gasteiger partial charge in [0.15, 0.2) is 5.16 Å². The zero-order valence-electron chi connectivity index (χ0n) is 8.54. The van der Waals surface area contributed by atoms with Gasteiger partial charge < -0.3 is 5.73 Å². The van der Waals surface area contributed by atoms with Gasteiger partial charge in [0.25, 0.3) is 0 Å². The Labute approximate surface area is 101 Å². The molecular formula is C9H11N5S2. The largest absolute Gasteiger partial charge is 0.368 e. The lowest BCUT2D eigenvalue weighted by atomic mass is 10.6. The standard InChI is InChI=1S/C9H11N5S2/c10-8-12-13-9(14(8)7-1-2-7)16-4-6-3-15-5-11-6/h3,5,7H,1-2,4H2,(H2,10,12). The number of thioether (sulfide) groups is 1. The van der Waals surface area contributed by atoms with Crippen molar-refractivity contribution in [3.8, 4) is 0 Å². The molecule has 7 heteroatoms. The summed E-state index contributed by atoms with van der Waals surface area (Å²) in [5.41, 5.74) is 8.72. The van der Waals surface area contributed by atoms with E-state index in [2.05, 4.69) is 15.2 Å². The van der Waals surface area contributed by atoms with E-state index in [1.807, 2.05) is 15.5 Å². The molecule has 0 saturated heterocycles. The molecule has 2 aromatic rings. The van der Waals surface area contributed by atoms with E-state index in [0.717, 1.165) is 16.6 Å². The van der Waals surface area contributed by atoms with Gasteiger partial charge in [-0.05, 0) is 12.8 Å². The maximum Gasteiger partial charge on any atom is 0.222 e. The Morgan fingerprint density at radius 2 is 2.38 bits per heavy atom. The van der Waals surface area contributed by atoms with Crippen LogP contribution in [0.15, 0.2) is 16.0 Å². The quantitative estimate of drug-likeness (QED) is 0.843. The molecule has 3 rings (SSSR count). The molecule has 5 nitrogen and oxygen atoms in total. The number of nitrogens with zero attached hydrogens (tertiary/aromatic N) is 4. The number of hydrogen-bond donors (Lipinski definition) is 1. The Hall–Kier alpha value is -1.08. The van der Waals surface area contributed by atoms with Gasteiger partial charge in [0.05, 0.1) is 11.2 Å². The van der Waals surface area contributed by atoms with Crippen LogP contribution in [-0.4, -0.2) is 19.7 Å². The Morgan fingerprint density at radius 1 is 1.50 bits per heavy atom. The number of nitrogen functional groups attached to an aromatic ring is 1. The summed E-state index contributed by atoms with van der Waals surface area (Å²) in [6.07, 6.45) is 2.37. The van der Waals surface area contributed by atoms with Gasteiger partial charge in [-0.15, -0.1) is 21.5 Å². The lowest BCUT2D eigenvalue weighted by Gasteiger charge is -2.04. The summed E-state index contributed by atoms with van der Waals surface area (Å²) < 4.78 is 2.04. The highest BCUT2D eigenvalue weighted by Crippen LogP contribution is 2.39. The van der Waals surface area contributed by atoms with Crippen molar-refractivity contribution in [2.75, 3.05) is 5.73 Å². The number of aromatic nitrogens is 4. The van der Waals surface area contributed by atoms with Gasteiger partial charge >= 0.3 is 0 Å². The van der Waals surface area contributed by atoms with Crippen molar-refractivity contribution < 1.29 is 0 Å². The molecule has 2 N–H and O–H groups in total. The molecule has 2 heterocycles. The van der Waals surface area contributed by atoms with Crippen molar-refractivity contribution in [3.63, 3.8) is 0 Å². The first-order chi connectivity index (χ1) is 7.84. The molecule has 0 bridgehead atoms. The molecule has 1 saturated carbocycles. The van der Waals surface area contributed by atoms with Crippen LogP contribution in [0.4, 0.5) is 5.95 Å². The highest BCUT2D eigenvalue weighted by atomic mass is 32.2. The second-order valence-electron chi connectivity index (χ2n) is 3.71. The van der Waals surface area contributed by atoms with Crippen molar-refractivity contribution in [1.82, 2.24) is 19.7 Å². The maximum absolute atomic E-state index is 5.79. The number of nitrogens with two attached hydrogens (primary N) is 1. The topological polar surface area (TPSA) is 69.6 Å². The third-order valence-corrected chi connectivity index (χ3v) is 4.05. The van der Waals surface area contributed by atoms with Crippen molar-refractivity contribution in [1.29, 1.82) is 0 Å². The lowest BCUT2D eigenvalue weighted by molar-refractivity contribution is 0.671. The predicted octanol–water partition coefficient (Wildman–Crippen LogP) is 1.94. The van der Waals surface area contributed by atoms with E-state index < -0.39 is 0 Å². The van der Waals surface area contributed by atoms with E-state index in [1.165, 1.54) is 12.8 Å². The smallest absolute Gasteiger partial charge is 0.222 e. The number of thiazole rings is 1. The number of anilines is 1. The molecule has 1 aliphatic carbocycles. The molecule has 2 aromatic heterocycles. The van der Waals surface area contributed by atoms with Gasteiger partial charge in [-0.1, -0.05) is 11.8 Å². The first-order valence-electron chi connectivity index (χ1n) is 5.05. The minimum absolute atomic E-state index is 0.521. The summed E-state index contributed by atoms with van der Waals surface area (Å²) in [7, 11) is 0. The second kappa shape index (κ2) is 4.06. The first kappa shape index (κ1) is 10.1. The zero-order chi connectivity index (χ0) is 11.0. The third kappa shape index (κ3) is 1.92. The lowest BCUT2D eigenvalue weighted by Crippen LogP contribution is -2.02. The third-order valence-electron chi connectivity index (χ3n) is 2.44. The van der Waals surface area contributed by atoms with Crippen LogP contribution in [0, 0.1) is 0 Å². The summed E-state index contributed by atoms with van der Waals surface area (Å²) >= 11 is 3.26. The van der Waals surface area contributed by atoms with Gasteiger partial charge in [0, 0.05) is 17.2 Å². The molecular weight excluding hydrogens is 242 g/mol. The van der Waals surface area contributed by atoms with E-state index in [-0.39, 0.29) is 0 Å². The molecule has 0 atom stereocenters. The fourth-order valence-corrected chi connectivity index (χ4v) is 3.09. The molecule has 1 aliphatic rings. The van der Waals surface area contributed by atoms with Crippen LogP contribution in [0.5, 0.6) is 0 Å². The van der Waals surface area contributed by atoms with Crippen LogP contribution in [0.2, 0.25) is 0 Å². The average molecular weight is 253 g/mol. The highest BCUT2D eigenvalue weighted by Gasteiger charge is 2.28. The second-order valence-corrected chi connectivity index (χ2v) is 5.37. The van der Waals surface area contributed by atoms with Crippen molar-refractivity contribution in [3.05, 3.63) is 16.6 Å². The van der Waals surface area contributed by atoms with Gasteiger partial charge in [-0.25, -0.2) is 4.98 Å². The van der Waals surface area contributed by atoms with E-state index in [9.17, 15) is 0 Å². The fraction of sp³-hybridized carbons (Fsp3) is 0.444. The van der Waals surface area contributed by atoms with Gasteiger partial charge in [-0.2, -0.15) is 0 Å². The Morgan fingerprint density at radius 3 is 3.06 bits per heavy atom. The van der Waals surface area contributed by atoms with Crippen molar-refractivity contribution in [2.24, 2.45) is 0 Å². The molecule has 0 unspecified atom stereocenters. The van der Waals surface area contributed by atoms with E-state index in [4.69, 9.17) is 5.73 Å². The molecule has 0 aromatic carbocycles. The van der Waals surface area contributed by atoms with Crippen LogP contribution in [0.25, 0.3) is 0 Å². The van der Waals surface area contributed by atoms with Crippen LogP contribution in [0.1, 0.15) is 24.6 Å². The minimum Gasteiger partial charge on any atom is -0.368 e. The zero-order valence-corrected chi connectivity index (χ0v) is 10.2. The number of hydrogen-bond acceptors (Lipinski definition) is 6. The van der Waals surface area contributed by atoms with E-state index >= 15 is 0 Å².